The Bertz CT molecular complexity index is 1110. The summed E-state index contributed by atoms with van der Waals surface area (Å²) in [5, 5.41) is 19.4. The standard InChI is InChI=1S/C20H24N6O6S2/c1-26(2)7-6-11(32-26)5-4-10-8-33-18-14(17(28)25(18)15(10)19(29)30)23-16(27)13(24-31-3)12-9-34-20(21)22-12/h4-5,9,11,14,18H,6-8H2,1-3H3,(H3-,21,22,23,27,29,30)/b5-4+,24-13-/t11-,14-,18-/m1/s1. The van der Waals surface area contributed by atoms with Crippen LogP contribution in [-0.2, 0) is 24.1 Å². The highest BCUT2D eigenvalue weighted by Crippen LogP contribution is 2.40. The quantitative estimate of drug-likeness (QED) is 0.200. The number of allylic oxidation sites excluding steroid dienone is 1. The van der Waals surface area contributed by atoms with Gasteiger partial charge in [0.05, 0.1) is 25.8 Å². The normalized spacial score (nSPS) is 26.4. The van der Waals surface area contributed by atoms with E-state index in [2.05, 4.69) is 15.5 Å². The van der Waals surface area contributed by atoms with Gasteiger partial charge in [0.25, 0.3) is 11.8 Å². The molecule has 0 spiro atoms. The molecule has 1 aromatic heterocycles. The van der Waals surface area contributed by atoms with E-state index >= 15 is 0 Å². The van der Waals surface area contributed by atoms with Crippen molar-refractivity contribution in [3.8, 4) is 0 Å². The fraction of sp³-hybridized carbons (Fsp3) is 0.450. The number of hydrogen-bond donors (Lipinski definition) is 2. The van der Waals surface area contributed by atoms with Crippen LogP contribution >= 0.6 is 23.1 Å². The molecule has 4 rings (SSSR count). The third kappa shape index (κ3) is 4.66. The Morgan fingerprint density at radius 1 is 1.47 bits per heavy atom. The van der Waals surface area contributed by atoms with E-state index in [0.29, 0.717) is 16.0 Å². The van der Waals surface area contributed by atoms with Crippen molar-refractivity contribution in [1.29, 1.82) is 0 Å². The molecule has 3 aliphatic rings. The minimum Gasteiger partial charge on any atom is -0.543 e. The zero-order chi connectivity index (χ0) is 24.6. The lowest BCUT2D eigenvalue weighted by Gasteiger charge is -2.50. The van der Waals surface area contributed by atoms with Gasteiger partial charge in [-0.2, -0.15) is 9.48 Å². The van der Waals surface area contributed by atoms with Gasteiger partial charge in [-0.15, -0.1) is 23.1 Å². The number of hydroxylamine groups is 3. The Kier molecular flexibility index (Phi) is 6.66. The van der Waals surface area contributed by atoms with Crippen molar-refractivity contribution in [1.82, 2.24) is 15.2 Å². The van der Waals surface area contributed by atoms with Crippen molar-refractivity contribution in [3.05, 3.63) is 34.5 Å². The summed E-state index contributed by atoms with van der Waals surface area (Å²) in [7, 11) is 5.17. The molecular formula is C20H24N6O6S2. The van der Waals surface area contributed by atoms with Gasteiger partial charge < -0.3 is 25.8 Å². The molecule has 0 aromatic carbocycles. The fourth-order valence-electron chi connectivity index (χ4n) is 3.93. The van der Waals surface area contributed by atoms with Crippen LogP contribution in [0.1, 0.15) is 12.1 Å². The predicted molar refractivity (Wildman–Crippen MR) is 123 cm³/mol. The molecule has 0 unspecified atom stereocenters. The Hall–Kier alpha value is -2.94. The number of thiazole rings is 1. The summed E-state index contributed by atoms with van der Waals surface area (Å²) >= 11 is 2.47. The van der Waals surface area contributed by atoms with Crippen molar-refractivity contribution < 1.29 is 33.8 Å². The Morgan fingerprint density at radius 3 is 2.82 bits per heavy atom. The van der Waals surface area contributed by atoms with Crippen molar-refractivity contribution in [3.63, 3.8) is 0 Å². The van der Waals surface area contributed by atoms with E-state index in [1.165, 1.54) is 18.9 Å². The molecule has 3 atom stereocenters. The minimum atomic E-state index is -1.45. The highest BCUT2D eigenvalue weighted by Gasteiger charge is 2.53. The van der Waals surface area contributed by atoms with Crippen LogP contribution in [0.2, 0.25) is 0 Å². The third-order valence-electron chi connectivity index (χ3n) is 5.52. The number of β-lactam (4-membered cyclic amide) rings is 1. The van der Waals surface area contributed by atoms with Crippen LogP contribution in [0.4, 0.5) is 5.13 Å². The van der Waals surface area contributed by atoms with Crippen LogP contribution in [0.25, 0.3) is 0 Å². The Morgan fingerprint density at radius 2 is 2.24 bits per heavy atom. The Labute approximate surface area is 203 Å². The van der Waals surface area contributed by atoms with Crippen LogP contribution in [0, 0.1) is 0 Å². The van der Waals surface area contributed by atoms with E-state index in [4.69, 9.17) is 15.4 Å². The summed E-state index contributed by atoms with van der Waals surface area (Å²) in [6.45, 7) is 0.839. The number of aliphatic carboxylic acids is 1. The maximum atomic E-state index is 12.9. The molecular weight excluding hydrogens is 484 g/mol. The molecule has 2 amide bonds. The number of anilines is 1. The van der Waals surface area contributed by atoms with Crippen molar-refractivity contribution >= 4 is 51.7 Å². The van der Waals surface area contributed by atoms with Gasteiger partial charge in [-0.1, -0.05) is 11.2 Å². The van der Waals surface area contributed by atoms with Crippen LogP contribution in [-0.4, -0.2) is 89.0 Å². The molecule has 34 heavy (non-hydrogen) atoms. The molecule has 182 valence electrons. The first-order chi connectivity index (χ1) is 16.1. The number of fused-ring (bicyclic) bond motifs is 1. The lowest BCUT2D eigenvalue weighted by Crippen LogP contribution is -2.71. The number of thioether (sulfide) groups is 1. The van der Waals surface area contributed by atoms with E-state index in [9.17, 15) is 19.5 Å². The number of amides is 2. The molecule has 1 aromatic rings. The molecule has 0 radical (unpaired) electrons. The number of carboxylic acid groups (broad SMARTS) is 1. The van der Waals surface area contributed by atoms with Crippen molar-refractivity contribution in [2.45, 2.75) is 23.9 Å². The number of carbonyl (C=O) groups is 3. The van der Waals surface area contributed by atoms with Crippen LogP contribution in [0.5, 0.6) is 0 Å². The SMILES string of the molecule is CO/N=C(\C(=O)N[C@@H]1C(=O)N2C(C(=O)[O-])=C(/C=C/[C@@H]3CC[N+](C)(C)O3)CS[C@H]12)c1csc(N)n1. The number of rotatable bonds is 7. The molecule has 4 heterocycles. The van der Waals surface area contributed by atoms with E-state index in [-0.39, 0.29) is 28.3 Å². The smallest absolute Gasteiger partial charge is 0.276 e. The largest absolute Gasteiger partial charge is 0.543 e. The summed E-state index contributed by atoms with van der Waals surface area (Å²) in [4.78, 5) is 53.4. The number of aromatic nitrogens is 1. The van der Waals surface area contributed by atoms with Crippen LogP contribution in [0.15, 0.2) is 34.0 Å². The maximum absolute atomic E-state index is 12.9. The highest BCUT2D eigenvalue weighted by molar-refractivity contribution is 8.00. The number of oxime groups is 1. The average Bonchev–Trinajstić information content (AvgIpc) is 3.37. The lowest BCUT2D eigenvalue weighted by atomic mass is 10.0. The fourth-order valence-corrected chi connectivity index (χ4v) is 5.79. The van der Waals surface area contributed by atoms with Crippen molar-refractivity contribution in [2.75, 3.05) is 39.2 Å². The zero-order valence-corrected chi connectivity index (χ0v) is 20.4. The second-order valence-corrected chi connectivity index (χ2v) is 10.3. The maximum Gasteiger partial charge on any atom is 0.276 e. The number of quaternary nitrogens is 1. The lowest BCUT2D eigenvalue weighted by molar-refractivity contribution is -1.06. The topological polar surface area (TPSA) is 159 Å². The van der Waals surface area contributed by atoms with Gasteiger partial charge in [-0.3, -0.25) is 14.5 Å². The van der Waals surface area contributed by atoms with E-state index in [1.807, 2.05) is 20.2 Å². The number of hydrogen-bond acceptors (Lipinski definition) is 11. The first kappa shape index (κ1) is 24.2. The van der Waals surface area contributed by atoms with Gasteiger partial charge in [0, 0.05) is 17.6 Å². The second-order valence-electron chi connectivity index (χ2n) is 8.30. The van der Waals surface area contributed by atoms with Gasteiger partial charge in [0.1, 0.15) is 36.9 Å². The van der Waals surface area contributed by atoms with Crippen LogP contribution < -0.4 is 16.2 Å². The molecule has 3 N–H and O–H groups in total. The summed E-state index contributed by atoms with van der Waals surface area (Å²) in [6.07, 6.45) is 4.15. The van der Waals surface area contributed by atoms with E-state index < -0.39 is 29.2 Å². The van der Waals surface area contributed by atoms with Crippen LogP contribution in [0.3, 0.4) is 0 Å². The average molecular weight is 509 g/mol. The van der Waals surface area contributed by atoms with Crippen molar-refractivity contribution in [2.24, 2.45) is 5.16 Å². The molecule has 0 aliphatic carbocycles. The number of carbonyl (C=O) groups excluding carboxylic acids is 3. The second kappa shape index (κ2) is 9.37. The summed E-state index contributed by atoms with van der Waals surface area (Å²) in [5.74, 6) is -2.37. The molecule has 0 bridgehead atoms. The molecule has 2 saturated heterocycles. The van der Waals surface area contributed by atoms with E-state index in [1.54, 1.807) is 11.5 Å². The van der Waals surface area contributed by atoms with Gasteiger partial charge in [-0.25, -0.2) is 4.98 Å². The monoisotopic (exact) mass is 508 g/mol. The first-order valence-corrected chi connectivity index (χ1v) is 12.3. The third-order valence-corrected chi connectivity index (χ3v) is 7.50. The van der Waals surface area contributed by atoms with E-state index in [0.717, 1.165) is 29.2 Å². The van der Waals surface area contributed by atoms with Gasteiger partial charge in [0.2, 0.25) is 0 Å². The number of carboxylic acids is 1. The zero-order valence-electron chi connectivity index (χ0n) is 18.7. The molecule has 0 saturated carbocycles. The molecule has 3 aliphatic heterocycles. The van der Waals surface area contributed by atoms with Gasteiger partial charge in [-0.05, 0) is 11.6 Å². The highest BCUT2D eigenvalue weighted by atomic mass is 32.2. The minimum absolute atomic E-state index is 0.139. The number of nitrogens with two attached hydrogens (primary N) is 1. The molecule has 2 fully saturated rings. The summed E-state index contributed by atoms with van der Waals surface area (Å²) in [6, 6.07) is -0.938. The summed E-state index contributed by atoms with van der Waals surface area (Å²) < 4.78 is 0.423. The summed E-state index contributed by atoms with van der Waals surface area (Å²) in [5.41, 5.74) is 5.96. The molecule has 14 heteroatoms. The van der Waals surface area contributed by atoms with Gasteiger partial charge >= 0.3 is 0 Å². The predicted octanol–water partition coefficient (Wildman–Crippen LogP) is -1.18. The number of nitrogens with zero attached hydrogens (tertiary/aromatic N) is 4. The Balaban J connectivity index is 1.49. The number of nitrogens with one attached hydrogen (secondary N) is 1. The first-order valence-electron chi connectivity index (χ1n) is 10.3. The van der Waals surface area contributed by atoms with Gasteiger partial charge in [0.15, 0.2) is 10.8 Å². The molecule has 12 nitrogen and oxygen atoms in total. The number of nitrogen functional groups attached to an aromatic ring is 1.